The van der Waals surface area contributed by atoms with Gasteiger partial charge >= 0.3 is 0 Å². The van der Waals surface area contributed by atoms with Gasteiger partial charge in [-0.3, -0.25) is 14.6 Å². The molecule has 0 spiro atoms. The Labute approximate surface area is 171 Å². The van der Waals surface area contributed by atoms with Crippen molar-refractivity contribution >= 4 is 17.7 Å². The topological polar surface area (TPSA) is 54.0 Å². The van der Waals surface area contributed by atoms with E-state index in [-0.39, 0.29) is 11.4 Å². The second kappa shape index (κ2) is 9.59. The average molecular weight is 406 g/mol. The molecule has 1 amide bonds. The van der Waals surface area contributed by atoms with Gasteiger partial charge in [0, 0.05) is 56.1 Å². The zero-order valence-corrected chi connectivity index (χ0v) is 17.3. The van der Waals surface area contributed by atoms with Crippen LogP contribution >= 0.6 is 11.8 Å². The molecule has 0 bridgehead atoms. The quantitative estimate of drug-likeness (QED) is 0.773. The average Bonchev–Trinajstić information content (AvgIpc) is 3.24. The van der Waals surface area contributed by atoms with E-state index in [0.29, 0.717) is 6.54 Å². The van der Waals surface area contributed by atoms with Gasteiger partial charge in [-0.1, -0.05) is 12.1 Å². The molecule has 1 aromatic rings. The number of ether oxygens (including phenoxy) is 2. The maximum atomic E-state index is 12.9. The van der Waals surface area contributed by atoms with Crippen molar-refractivity contribution in [1.29, 1.82) is 0 Å². The first-order valence-electron chi connectivity index (χ1n) is 10.3. The summed E-state index contributed by atoms with van der Waals surface area (Å²) < 4.78 is 10.9. The molecule has 1 N–H and O–H groups in total. The molecule has 0 aromatic heterocycles. The van der Waals surface area contributed by atoms with Gasteiger partial charge in [-0.05, 0) is 29.9 Å². The Bertz CT molecular complexity index is 654. The second-order valence-electron chi connectivity index (χ2n) is 7.90. The third-order valence-corrected chi connectivity index (χ3v) is 7.28. The minimum Gasteiger partial charge on any atom is -0.379 e. The van der Waals surface area contributed by atoms with Crippen LogP contribution in [0.25, 0.3) is 0 Å². The van der Waals surface area contributed by atoms with Crippen molar-refractivity contribution in [3.8, 4) is 0 Å². The molecule has 3 saturated heterocycles. The van der Waals surface area contributed by atoms with Crippen molar-refractivity contribution in [2.24, 2.45) is 0 Å². The van der Waals surface area contributed by atoms with Crippen LogP contribution in [0.5, 0.6) is 0 Å². The number of nitrogens with zero attached hydrogens (tertiary/aromatic N) is 2. The van der Waals surface area contributed by atoms with E-state index in [4.69, 9.17) is 9.47 Å². The Kier molecular flexibility index (Phi) is 6.90. The minimum absolute atomic E-state index is 0.0355. The third kappa shape index (κ3) is 4.89. The van der Waals surface area contributed by atoms with Crippen LogP contribution in [0.4, 0.5) is 0 Å². The second-order valence-corrected chi connectivity index (χ2v) is 9.00. The van der Waals surface area contributed by atoms with E-state index in [1.165, 1.54) is 11.3 Å². The molecule has 7 heteroatoms. The van der Waals surface area contributed by atoms with Crippen molar-refractivity contribution < 1.29 is 14.3 Å². The van der Waals surface area contributed by atoms with E-state index in [1.807, 2.05) is 30.0 Å². The third-order valence-electron chi connectivity index (χ3n) is 6.04. The van der Waals surface area contributed by atoms with E-state index in [0.717, 1.165) is 76.9 Å². The highest BCUT2D eigenvalue weighted by atomic mass is 32.2. The van der Waals surface area contributed by atoms with Gasteiger partial charge in [0.25, 0.3) is 5.91 Å². The molecule has 3 fully saturated rings. The molecule has 1 atom stereocenters. The van der Waals surface area contributed by atoms with Gasteiger partial charge in [-0.15, -0.1) is 0 Å². The molecule has 0 aliphatic carbocycles. The van der Waals surface area contributed by atoms with Gasteiger partial charge in [0.15, 0.2) is 0 Å². The summed E-state index contributed by atoms with van der Waals surface area (Å²) >= 11 is 1.99. The molecule has 3 heterocycles. The number of hydrogen-bond donors (Lipinski definition) is 1. The summed E-state index contributed by atoms with van der Waals surface area (Å²) in [6, 6.07) is 8.06. The highest BCUT2D eigenvalue weighted by molar-refractivity contribution is 7.99. The largest absolute Gasteiger partial charge is 0.379 e. The van der Waals surface area contributed by atoms with Crippen LogP contribution in [0.15, 0.2) is 24.3 Å². The van der Waals surface area contributed by atoms with Gasteiger partial charge in [0.1, 0.15) is 0 Å². The number of morpholine rings is 2. The monoisotopic (exact) mass is 405 g/mol. The lowest BCUT2D eigenvalue weighted by molar-refractivity contribution is -0.0129. The van der Waals surface area contributed by atoms with Crippen LogP contribution in [-0.4, -0.2) is 91.9 Å². The molecular formula is C21H31N3O3S. The smallest absolute Gasteiger partial charge is 0.251 e. The number of hydrogen-bond acceptors (Lipinski definition) is 6. The summed E-state index contributed by atoms with van der Waals surface area (Å²) in [5.74, 6) is 2.29. The first-order chi connectivity index (χ1) is 13.8. The van der Waals surface area contributed by atoms with Gasteiger partial charge < -0.3 is 14.8 Å². The molecule has 28 heavy (non-hydrogen) atoms. The lowest BCUT2D eigenvalue weighted by Gasteiger charge is -2.43. The van der Waals surface area contributed by atoms with Gasteiger partial charge in [-0.2, -0.15) is 11.8 Å². The van der Waals surface area contributed by atoms with Crippen molar-refractivity contribution in [1.82, 2.24) is 15.1 Å². The first-order valence-corrected chi connectivity index (χ1v) is 11.5. The van der Waals surface area contributed by atoms with Crippen LogP contribution < -0.4 is 5.32 Å². The standard InChI is InChI=1S/C21H31N3O3S/c25-20(19-3-1-2-18(14-19)15-23-5-9-26-10-6-23)22-16-21(4-13-28-17-21)24-7-11-27-12-8-24/h1-3,14H,4-13,15-17H2,(H,22,25). The van der Waals surface area contributed by atoms with Gasteiger partial charge in [0.2, 0.25) is 0 Å². The molecule has 154 valence electrons. The maximum absolute atomic E-state index is 12.9. The van der Waals surface area contributed by atoms with Gasteiger partial charge in [-0.25, -0.2) is 0 Å². The van der Waals surface area contributed by atoms with E-state index in [9.17, 15) is 4.79 Å². The Morgan fingerprint density at radius 1 is 1.11 bits per heavy atom. The minimum atomic E-state index is 0.0355. The van der Waals surface area contributed by atoms with Crippen LogP contribution in [0.2, 0.25) is 0 Å². The van der Waals surface area contributed by atoms with Crippen LogP contribution in [-0.2, 0) is 16.0 Å². The van der Waals surface area contributed by atoms with Crippen LogP contribution in [0.3, 0.4) is 0 Å². The van der Waals surface area contributed by atoms with E-state index < -0.39 is 0 Å². The fourth-order valence-electron chi connectivity index (χ4n) is 4.31. The SMILES string of the molecule is O=C(NCC1(N2CCOCC2)CCSC1)c1cccc(CN2CCOCC2)c1. The summed E-state index contributed by atoms with van der Waals surface area (Å²) in [6.45, 7) is 8.60. The number of carbonyl (C=O) groups excluding carboxylic acids is 1. The van der Waals surface area contributed by atoms with E-state index in [2.05, 4.69) is 21.2 Å². The predicted octanol–water partition coefficient (Wildman–Crippen LogP) is 1.46. The zero-order valence-electron chi connectivity index (χ0n) is 16.5. The number of rotatable bonds is 6. The lowest BCUT2D eigenvalue weighted by atomic mass is 9.95. The van der Waals surface area contributed by atoms with Gasteiger partial charge in [0.05, 0.1) is 26.4 Å². The summed E-state index contributed by atoms with van der Waals surface area (Å²) in [4.78, 5) is 17.8. The number of nitrogens with one attached hydrogen (secondary N) is 1. The number of benzene rings is 1. The molecule has 4 rings (SSSR count). The summed E-state index contributed by atoms with van der Waals surface area (Å²) in [6.07, 6.45) is 1.13. The number of carbonyl (C=O) groups is 1. The Hall–Kier alpha value is -1.12. The number of thioether (sulfide) groups is 1. The van der Waals surface area contributed by atoms with Crippen LogP contribution in [0, 0.1) is 0 Å². The Morgan fingerprint density at radius 3 is 2.57 bits per heavy atom. The van der Waals surface area contributed by atoms with Crippen LogP contribution in [0.1, 0.15) is 22.3 Å². The highest BCUT2D eigenvalue weighted by Gasteiger charge is 2.40. The van der Waals surface area contributed by atoms with E-state index in [1.54, 1.807) is 0 Å². The summed E-state index contributed by atoms with van der Waals surface area (Å²) in [7, 11) is 0. The van der Waals surface area contributed by atoms with Crippen molar-refractivity contribution in [3.05, 3.63) is 35.4 Å². The van der Waals surface area contributed by atoms with Crippen molar-refractivity contribution in [2.45, 2.75) is 18.5 Å². The molecule has 6 nitrogen and oxygen atoms in total. The molecular weight excluding hydrogens is 374 g/mol. The highest BCUT2D eigenvalue weighted by Crippen LogP contribution is 2.33. The molecule has 1 aromatic carbocycles. The summed E-state index contributed by atoms with van der Waals surface area (Å²) in [5.41, 5.74) is 2.03. The van der Waals surface area contributed by atoms with E-state index >= 15 is 0 Å². The molecule has 3 aliphatic rings. The van der Waals surface area contributed by atoms with Crippen molar-refractivity contribution in [3.63, 3.8) is 0 Å². The fourth-order valence-corrected chi connectivity index (χ4v) is 5.79. The zero-order chi connectivity index (χ0) is 19.2. The lowest BCUT2D eigenvalue weighted by Crippen LogP contribution is -2.59. The Morgan fingerprint density at radius 2 is 1.86 bits per heavy atom. The molecule has 0 radical (unpaired) electrons. The van der Waals surface area contributed by atoms with Crippen molar-refractivity contribution in [2.75, 3.05) is 70.7 Å². The first kappa shape index (κ1) is 20.2. The molecule has 3 aliphatic heterocycles. The predicted molar refractivity (Wildman–Crippen MR) is 112 cm³/mol. The normalized spacial score (nSPS) is 27.0. The Balaban J connectivity index is 1.36. The number of amides is 1. The summed E-state index contributed by atoms with van der Waals surface area (Å²) in [5, 5.41) is 3.24. The fraction of sp³-hybridized carbons (Fsp3) is 0.667. The maximum Gasteiger partial charge on any atom is 0.251 e. The molecule has 1 unspecified atom stereocenters. The molecule has 0 saturated carbocycles.